The average Bonchev–Trinajstić information content (AvgIpc) is 2.92. The molecule has 0 amide bonds. The lowest BCUT2D eigenvalue weighted by molar-refractivity contribution is 0.103. The predicted molar refractivity (Wildman–Crippen MR) is 84.1 cm³/mol. The van der Waals surface area contributed by atoms with Crippen LogP contribution in [0.5, 0.6) is 5.75 Å². The van der Waals surface area contributed by atoms with Crippen LogP contribution in [0, 0.1) is 6.92 Å². The minimum atomic E-state index is 0.0199. The molecule has 0 saturated heterocycles. The Kier molecular flexibility index (Phi) is 3.48. The highest BCUT2D eigenvalue weighted by Crippen LogP contribution is 2.30. The third-order valence-electron chi connectivity index (χ3n) is 3.60. The minimum Gasteiger partial charge on any atom is -0.493 e. The molecule has 3 aromatic rings. The maximum absolute atomic E-state index is 12.8. The summed E-state index contributed by atoms with van der Waals surface area (Å²) in [6.07, 6.45) is 1.77. The molecular weight excluding hydrogens is 262 g/mol. The zero-order chi connectivity index (χ0) is 14.8. The number of rotatable bonds is 4. The number of aromatic amines is 1. The van der Waals surface area contributed by atoms with Crippen LogP contribution in [0.25, 0.3) is 10.9 Å². The standard InChI is InChI=1S/C18H17NO2/c1-3-21-16-10-6-9-15-17(16)14(11-19-15)18(20)13-8-5-4-7-12(13)2/h4-11,19H,3H2,1-2H3. The molecule has 106 valence electrons. The second-order valence-corrected chi connectivity index (χ2v) is 4.96. The number of hydrogen-bond acceptors (Lipinski definition) is 2. The van der Waals surface area contributed by atoms with Crippen LogP contribution in [-0.4, -0.2) is 17.4 Å². The number of H-pyrrole nitrogens is 1. The summed E-state index contributed by atoms with van der Waals surface area (Å²) in [7, 11) is 0. The summed E-state index contributed by atoms with van der Waals surface area (Å²) in [6, 6.07) is 13.4. The molecule has 21 heavy (non-hydrogen) atoms. The van der Waals surface area contributed by atoms with E-state index in [1.165, 1.54) is 0 Å². The van der Waals surface area contributed by atoms with Crippen LogP contribution in [0.4, 0.5) is 0 Å². The number of nitrogens with one attached hydrogen (secondary N) is 1. The van der Waals surface area contributed by atoms with Crippen LogP contribution in [0.15, 0.2) is 48.7 Å². The largest absolute Gasteiger partial charge is 0.493 e. The molecule has 0 aliphatic heterocycles. The molecule has 3 heteroatoms. The number of benzene rings is 2. The number of fused-ring (bicyclic) bond motifs is 1. The van der Waals surface area contributed by atoms with Crippen molar-refractivity contribution in [2.75, 3.05) is 6.61 Å². The molecule has 0 spiro atoms. The highest BCUT2D eigenvalue weighted by Gasteiger charge is 2.18. The Hall–Kier alpha value is -2.55. The van der Waals surface area contributed by atoms with E-state index >= 15 is 0 Å². The fourth-order valence-corrected chi connectivity index (χ4v) is 2.58. The maximum Gasteiger partial charge on any atom is 0.195 e. The monoisotopic (exact) mass is 279 g/mol. The van der Waals surface area contributed by atoms with Crippen molar-refractivity contribution in [2.45, 2.75) is 13.8 Å². The fraction of sp³-hybridized carbons (Fsp3) is 0.167. The molecule has 0 atom stereocenters. The van der Waals surface area contributed by atoms with E-state index in [0.29, 0.717) is 12.2 Å². The first-order valence-electron chi connectivity index (χ1n) is 7.05. The Morgan fingerprint density at radius 1 is 1.10 bits per heavy atom. The van der Waals surface area contributed by atoms with Crippen LogP contribution < -0.4 is 4.74 Å². The highest BCUT2D eigenvalue weighted by atomic mass is 16.5. The van der Waals surface area contributed by atoms with Gasteiger partial charge in [0.05, 0.1) is 17.6 Å². The Balaban J connectivity index is 2.17. The third kappa shape index (κ3) is 2.31. The number of ether oxygens (including phenoxy) is 1. The van der Waals surface area contributed by atoms with Gasteiger partial charge in [-0.2, -0.15) is 0 Å². The molecular formula is C18H17NO2. The van der Waals surface area contributed by atoms with Crippen molar-refractivity contribution in [2.24, 2.45) is 0 Å². The molecule has 0 fully saturated rings. The molecule has 0 bridgehead atoms. The minimum absolute atomic E-state index is 0.0199. The molecule has 0 aliphatic rings. The van der Waals surface area contributed by atoms with Crippen molar-refractivity contribution < 1.29 is 9.53 Å². The van der Waals surface area contributed by atoms with Gasteiger partial charge in [-0.3, -0.25) is 4.79 Å². The number of carbonyl (C=O) groups is 1. The molecule has 0 radical (unpaired) electrons. The van der Waals surface area contributed by atoms with Crippen LogP contribution in [0.1, 0.15) is 28.4 Å². The molecule has 0 saturated carbocycles. The van der Waals surface area contributed by atoms with E-state index in [1.807, 2.05) is 56.3 Å². The van der Waals surface area contributed by atoms with Crippen molar-refractivity contribution in [3.8, 4) is 5.75 Å². The van der Waals surface area contributed by atoms with Gasteiger partial charge in [0.1, 0.15) is 5.75 Å². The molecule has 3 nitrogen and oxygen atoms in total. The van der Waals surface area contributed by atoms with E-state index in [0.717, 1.165) is 27.8 Å². The van der Waals surface area contributed by atoms with Gasteiger partial charge in [-0.25, -0.2) is 0 Å². The first-order chi connectivity index (χ1) is 10.2. The SMILES string of the molecule is CCOc1cccc2[nH]cc(C(=O)c3ccccc3C)c12. The predicted octanol–water partition coefficient (Wildman–Crippen LogP) is 4.11. The van der Waals surface area contributed by atoms with Crippen molar-refractivity contribution in [1.82, 2.24) is 4.98 Å². The molecule has 0 aliphatic carbocycles. The second kappa shape index (κ2) is 5.44. The number of aryl methyl sites for hydroxylation is 1. The Labute approximate surface area is 123 Å². The number of aromatic nitrogens is 1. The Morgan fingerprint density at radius 2 is 1.90 bits per heavy atom. The molecule has 1 N–H and O–H groups in total. The van der Waals surface area contributed by atoms with Crippen molar-refractivity contribution in [3.63, 3.8) is 0 Å². The van der Waals surface area contributed by atoms with E-state index in [1.54, 1.807) is 6.20 Å². The number of ketones is 1. The average molecular weight is 279 g/mol. The third-order valence-corrected chi connectivity index (χ3v) is 3.60. The van der Waals surface area contributed by atoms with Crippen LogP contribution in [0.3, 0.4) is 0 Å². The van der Waals surface area contributed by atoms with E-state index in [9.17, 15) is 4.79 Å². The number of hydrogen-bond donors (Lipinski definition) is 1. The van der Waals surface area contributed by atoms with Gasteiger partial charge in [0, 0.05) is 17.3 Å². The molecule has 0 unspecified atom stereocenters. The second-order valence-electron chi connectivity index (χ2n) is 4.96. The molecule has 1 heterocycles. The van der Waals surface area contributed by atoms with E-state index in [-0.39, 0.29) is 5.78 Å². The zero-order valence-electron chi connectivity index (χ0n) is 12.1. The fourth-order valence-electron chi connectivity index (χ4n) is 2.58. The number of carbonyl (C=O) groups excluding carboxylic acids is 1. The topological polar surface area (TPSA) is 42.1 Å². The summed E-state index contributed by atoms with van der Waals surface area (Å²) < 4.78 is 5.66. The molecule has 1 aromatic heterocycles. The summed E-state index contributed by atoms with van der Waals surface area (Å²) in [5.74, 6) is 0.764. The van der Waals surface area contributed by atoms with Crippen LogP contribution in [0.2, 0.25) is 0 Å². The van der Waals surface area contributed by atoms with Gasteiger partial charge >= 0.3 is 0 Å². The van der Waals surface area contributed by atoms with Gasteiger partial charge in [-0.05, 0) is 31.5 Å². The maximum atomic E-state index is 12.8. The lowest BCUT2D eigenvalue weighted by atomic mass is 9.98. The van der Waals surface area contributed by atoms with Gasteiger partial charge in [-0.1, -0.05) is 30.3 Å². The normalized spacial score (nSPS) is 10.8. The summed E-state index contributed by atoms with van der Waals surface area (Å²) >= 11 is 0. The Morgan fingerprint density at radius 3 is 2.67 bits per heavy atom. The lowest BCUT2D eigenvalue weighted by Gasteiger charge is -2.07. The van der Waals surface area contributed by atoms with Crippen LogP contribution in [-0.2, 0) is 0 Å². The van der Waals surface area contributed by atoms with E-state index < -0.39 is 0 Å². The Bertz CT molecular complexity index is 802. The van der Waals surface area contributed by atoms with Crippen molar-refractivity contribution in [3.05, 3.63) is 65.4 Å². The van der Waals surface area contributed by atoms with Gasteiger partial charge in [0.2, 0.25) is 0 Å². The smallest absolute Gasteiger partial charge is 0.195 e. The van der Waals surface area contributed by atoms with Gasteiger partial charge < -0.3 is 9.72 Å². The first-order valence-corrected chi connectivity index (χ1v) is 7.05. The van der Waals surface area contributed by atoms with Gasteiger partial charge in [-0.15, -0.1) is 0 Å². The summed E-state index contributed by atoms with van der Waals surface area (Å²) in [5, 5.41) is 0.854. The first kappa shape index (κ1) is 13.4. The van der Waals surface area contributed by atoms with Gasteiger partial charge in [0.25, 0.3) is 0 Å². The van der Waals surface area contributed by atoms with E-state index in [2.05, 4.69) is 4.98 Å². The van der Waals surface area contributed by atoms with Gasteiger partial charge in [0.15, 0.2) is 5.78 Å². The molecule has 2 aromatic carbocycles. The zero-order valence-corrected chi connectivity index (χ0v) is 12.1. The van der Waals surface area contributed by atoms with Crippen molar-refractivity contribution in [1.29, 1.82) is 0 Å². The highest BCUT2D eigenvalue weighted by molar-refractivity contribution is 6.18. The van der Waals surface area contributed by atoms with Crippen LogP contribution >= 0.6 is 0 Å². The molecule has 3 rings (SSSR count). The van der Waals surface area contributed by atoms with Crippen molar-refractivity contribution >= 4 is 16.7 Å². The summed E-state index contributed by atoms with van der Waals surface area (Å²) in [6.45, 7) is 4.46. The lowest BCUT2D eigenvalue weighted by Crippen LogP contribution is -2.03. The summed E-state index contributed by atoms with van der Waals surface area (Å²) in [4.78, 5) is 16.0. The van der Waals surface area contributed by atoms with E-state index in [4.69, 9.17) is 4.74 Å². The summed E-state index contributed by atoms with van der Waals surface area (Å²) in [5.41, 5.74) is 3.27. The quantitative estimate of drug-likeness (QED) is 0.730.